The minimum absolute atomic E-state index is 0.213. The van der Waals surface area contributed by atoms with Crippen molar-refractivity contribution in [2.24, 2.45) is 5.92 Å². The largest absolute Gasteiger partial charge is 0.459 e. The van der Waals surface area contributed by atoms with Gasteiger partial charge in [0, 0.05) is 14.2 Å². The van der Waals surface area contributed by atoms with Crippen LogP contribution in [0.25, 0.3) is 0 Å². The number of rotatable bonds is 7. The molecule has 1 atom stereocenters. The van der Waals surface area contributed by atoms with Crippen LogP contribution < -0.4 is 0 Å². The van der Waals surface area contributed by atoms with Gasteiger partial charge in [0.2, 0.25) is 0 Å². The van der Waals surface area contributed by atoms with E-state index in [1.807, 2.05) is 6.92 Å². The van der Waals surface area contributed by atoms with Crippen LogP contribution >= 0.6 is 0 Å². The Morgan fingerprint density at radius 2 is 1.60 bits per heavy atom. The lowest BCUT2D eigenvalue weighted by atomic mass is 9.99. The number of methoxy groups -OCH3 is 2. The molecule has 0 fully saturated rings. The Morgan fingerprint density at radius 1 is 1.10 bits per heavy atom. The van der Waals surface area contributed by atoms with Gasteiger partial charge < -0.3 is 14.2 Å². The normalized spacial score (nSPS) is 14.3. The van der Waals surface area contributed by atoms with E-state index in [2.05, 4.69) is 0 Å². The average Bonchev–Trinajstić information content (AvgIpc) is 2.27. The summed E-state index contributed by atoms with van der Waals surface area (Å²) in [6.07, 6.45) is 1.58. The standard InChI is InChI=1S/C15H26O5/c1-10(14(18-6)19-7)8-9-12(11(2)16)13(17)20-15(3,4)5/h8,12,14H,9H2,1-7H3. The number of ether oxygens (including phenoxy) is 3. The summed E-state index contributed by atoms with van der Waals surface area (Å²) in [5.74, 6) is -1.51. The monoisotopic (exact) mass is 286 g/mol. The van der Waals surface area contributed by atoms with Crippen molar-refractivity contribution in [3.8, 4) is 0 Å². The van der Waals surface area contributed by atoms with Crippen LogP contribution in [0.2, 0.25) is 0 Å². The number of hydrogen-bond donors (Lipinski definition) is 0. The lowest BCUT2D eigenvalue weighted by Crippen LogP contribution is -2.31. The Balaban J connectivity index is 4.84. The van der Waals surface area contributed by atoms with Crippen LogP contribution in [0.3, 0.4) is 0 Å². The maximum Gasteiger partial charge on any atom is 0.317 e. The highest BCUT2D eigenvalue weighted by Gasteiger charge is 2.28. The molecule has 0 aromatic heterocycles. The van der Waals surface area contributed by atoms with Gasteiger partial charge in [0.15, 0.2) is 6.29 Å². The predicted octanol–water partition coefficient (Wildman–Crippen LogP) is 2.49. The van der Waals surface area contributed by atoms with Crippen LogP contribution in [0, 0.1) is 5.92 Å². The fraction of sp³-hybridized carbons (Fsp3) is 0.733. The third kappa shape index (κ3) is 6.82. The summed E-state index contributed by atoms with van der Waals surface area (Å²) in [7, 11) is 3.06. The molecular weight excluding hydrogens is 260 g/mol. The molecule has 0 rings (SSSR count). The van der Waals surface area contributed by atoms with Gasteiger partial charge in [-0.1, -0.05) is 6.08 Å². The molecule has 0 spiro atoms. The van der Waals surface area contributed by atoms with Crippen molar-refractivity contribution < 1.29 is 23.8 Å². The summed E-state index contributed by atoms with van der Waals surface area (Å²) in [6.45, 7) is 8.53. The maximum absolute atomic E-state index is 12.0. The molecule has 0 aromatic carbocycles. The van der Waals surface area contributed by atoms with Crippen LogP contribution in [0.4, 0.5) is 0 Å². The summed E-state index contributed by atoms with van der Waals surface area (Å²) in [4.78, 5) is 23.6. The molecular formula is C15H26O5. The van der Waals surface area contributed by atoms with E-state index in [0.717, 1.165) is 5.57 Å². The SMILES string of the molecule is COC(OC)C(C)=CCC(C(C)=O)C(=O)OC(C)(C)C. The van der Waals surface area contributed by atoms with E-state index >= 15 is 0 Å². The first kappa shape index (κ1) is 18.8. The highest BCUT2D eigenvalue weighted by atomic mass is 16.7. The lowest BCUT2D eigenvalue weighted by molar-refractivity contribution is -0.161. The molecule has 0 saturated carbocycles. The number of ketones is 1. The Kier molecular flexibility index (Phi) is 7.68. The van der Waals surface area contributed by atoms with E-state index < -0.39 is 23.8 Å². The minimum atomic E-state index is -0.793. The molecule has 0 heterocycles. The van der Waals surface area contributed by atoms with Crippen LogP contribution in [-0.2, 0) is 23.8 Å². The maximum atomic E-state index is 12.0. The van der Waals surface area contributed by atoms with E-state index in [4.69, 9.17) is 14.2 Å². The Hall–Kier alpha value is -1.20. The molecule has 0 aromatic rings. The Bertz CT molecular complexity index is 361. The number of esters is 1. The summed E-state index contributed by atoms with van der Waals surface area (Å²) in [5, 5.41) is 0. The molecule has 0 aliphatic carbocycles. The Morgan fingerprint density at radius 3 is 1.95 bits per heavy atom. The summed E-state index contributed by atoms with van der Waals surface area (Å²) in [6, 6.07) is 0. The van der Waals surface area contributed by atoms with Gasteiger partial charge in [0.1, 0.15) is 17.3 Å². The van der Waals surface area contributed by atoms with Gasteiger partial charge in [-0.15, -0.1) is 0 Å². The molecule has 0 N–H and O–H groups in total. The molecule has 5 nitrogen and oxygen atoms in total. The number of allylic oxidation sites excluding steroid dienone is 1. The number of carbonyl (C=O) groups excluding carboxylic acids is 2. The highest BCUT2D eigenvalue weighted by molar-refractivity contribution is 5.98. The molecule has 116 valence electrons. The van der Waals surface area contributed by atoms with Gasteiger partial charge in [-0.2, -0.15) is 0 Å². The lowest BCUT2D eigenvalue weighted by Gasteiger charge is -2.22. The van der Waals surface area contributed by atoms with Crippen molar-refractivity contribution in [2.75, 3.05) is 14.2 Å². The first-order valence-electron chi connectivity index (χ1n) is 6.58. The van der Waals surface area contributed by atoms with Gasteiger partial charge in [0.05, 0.1) is 0 Å². The zero-order chi connectivity index (χ0) is 15.9. The third-order valence-electron chi connectivity index (χ3n) is 2.66. The number of Topliss-reactive ketones (excluding diaryl/α,β-unsaturated/α-hetero) is 1. The van der Waals surface area contributed by atoms with Crippen LogP contribution in [0.5, 0.6) is 0 Å². The van der Waals surface area contributed by atoms with Gasteiger partial charge >= 0.3 is 5.97 Å². The second-order valence-corrected chi connectivity index (χ2v) is 5.68. The zero-order valence-electron chi connectivity index (χ0n) is 13.5. The van der Waals surface area contributed by atoms with E-state index in [0.29, 0.717) is 0 Å². The van der Waals surface area contributed by atoms with Gasteiger partial charge in [-0.25, -0.2) is 0 Å². The van der Waals surface area contributed by atoms with Crippen molar-refractivity contribution in [1.29, 1.82) is 0 Å². The molecule has 1 unspecified atom stereocenters. The van der Waals surface area contributed by atoms with Gasteiger partial charge in [0.25, 0.3) is 0 Å². The highest BCUT2D eigenvalue weighted by Crippen LogP contribution is 2.17. The van der Waals surface area contributed by atoms with Crippen LogP contribution in [0.15, 0.2) is 11.6 Å². The summed E-state index contributed by atoms with van der Waals surface area (Å²) < 4.78 is 15.5. The van der Waals surface area contributed by atoms with Gasteiger partial charge in [-0.3, -0.25) is 9.59 Å². The Labute approximate surface area is 121 Å². The zero-order valence-corrected chi connectivity index (χ0v) is 13.5. The van der Waals surface area contributed by atoms with E-state index in [-0.39, 0.29) is 12.2 Å². The fourth-order valence-electron chi connectivity index (χ4n) is 1.67. The van der Waals surface area contributed by atoms with Crippen molar-refractivity contribution in [3.05, 3.63) is 11.6 Å². The molecule has 0 amide bonds. The van der Waals surface area contributed by atoms with Crippen molar-refractivity contribution in [3.63, 3.8) is 0 Å². The predicted molar refractivity (Wildman–Crippen MR) is 76.2 cm³/mol. The van der Waals surface area contributed by atoms with Crippen LogP contribution in [-0.4, -0.2) is 37.9 Å². The van der Waals surface area contributed by atoms with E-state index in [9.17, 15) is 9.59 Å². The van der Waals surface area contributed by atoms with Crippen molar-refractivity contribution in [2.45, 2.75) is 52.9 Å². The fourth-order valence-corrected chi connectivity index (χ4v) is 1.67. The average molecular weight is 286 g/mol. The first-order valence-corrected chi connectivity index (χ1v) is 6.58. The van der Waals surface area contributed by atoms with E-state index in [1.165, 1.54) is 21.1 Å². The van der Waals surface area contributed by atoms with Crippen LogP contribution in [0.1, 0.15) is 41.0 Å². The van der Waals surface area contributed by atoms with Gasteiger partial charge in [-0.05, 0) is 46.6 Å². The molecule has 0 saturated heterocycles. The summed E-state index contributed by atoms with van der Waals surface area (Å²) >= 11 is 0. The summed E-state index contributed by atoms with van der Waals surface area (Å²) in [5.41, 5.74) is 0.204. The smallest absolute Gasteiger partial charge is 0.317 e. The topological polar surface area (TPSA) is 61.8 Å². The molecule has 0 radical (unpaired) electrons. The quantitative estimate of drug-likeness (QED) is 0.311. The molecule has 0 aliphatic heterocycles. The molecule has 0 bridgehead atoms. The molecule has 5 heteroatoms. The van der Waals surface area contributed by atoms with Crippen molar-refractivity contribution >= 4 is 11.8 Å². The first-order chi connectivity index (χ1) is 9.12. The minimum Gasteiger partial charge on any atom is -0.459 e. The van der Waals surface area contributed by atoms with Crippen molar-refractivity contribution in [1.82, 2.24) is 0 Å². The molecule has 20 heavy (non-hydrogen) atoms. The number of hydrogen-bond acceptors (Lipinski definition) is 5. The second-order valence-electron chi connectivity index (χ2n) is 5.68. The number of carbonyl (C=O) groups is 2. The third-order valence-corrected chi connectivity index (χ3v) is 2.66. The molecule has 0 aliphatic rings. The second kappa shape index (κ2) is 8.17. The van der Waals surface area contributed by atoms with E-state index in [1.54, 1.807) is 26.8 Å².